The van der Waals surface area contributed by atoms with Crippen LogP contribution in [0.15, 0.2) is 0 Å². The highest BCUT2D eigenvalue weighted by Crippen LogP contribution is 2.27. The average Bonchev–Trinajstić information content (AvgIpc) is 3.08. The zero-order chi connectivity index (χ0) is 14.1. The highest BCUT2D eigenvalue weighted by Gasteiger charge is 2.31. The van der Waals surface area contributed by atoms with Crippen LogP contribution in [0.25, 0.3) is 0 Å². The van der Waals surface area contributed by atoms with E-state index in [0.29, 0.717) is 6.04 Å². The highest BCUT2D eigenvalue weighted by molar-refractivity contribution is 7.13. The van der Waals surface area contributed by atoms with E-state index in [1.807, 2.05) is 18.7 Å². The quantitative estimate of drug-likeness (QED) is 0.910. The Balaban J connectivity index is 1.60. The molecule has 1 amide bonds. The summed E-state index contributed by atoms with van der Waals surface area (Å²) in [5.41, 5.74) is 0.886. The summed E-state index contributed by atoms with van der Waals surface area (Å²) in [6.45, 7) is 6.87. The molecule has 2 aliphatic rings. The largest absolute Gasteiger partial charge is 0.338 e. The molecule has 2 fully saturated rings. The second-order valence-electron chi connectivity index (χ2n) is 5.98. The molecule has 1 aromatic rings. The fourth-order valence-corrected chi connectivity index (χ4v) is 4.38. The van der Waals surface area contributed by atoms with Crippen LogP contribution in [0.3, 0.4) is 0 Å². The Morgan fingerprint density at radius 1 is 1.30 bits per heavy atom. The van der Waals surface area contributed by atoms with Crippen molar-refractivity contribution in [1.29, 1.82) is 0 Å². The minimum absolute atomic E-state index is 0.186. The van der Waals surface area contributed by atoms with E-state index >= 15 is 0 Å². The number of aromatic nitrogens is 1. The van der Waals surface area contributed by atoms with Crippen LogP contribution >= 0.6 is 11.3 Å². The molecule has 0 aliphatic carbocycles. The fraction of sp³-hybridized carbons (Fsp3) is 0.733. The maximum absolute atomic E-state index is 12.5. The van der Waals surface area contributed by atoms with Gasteiger partial charge in [-0.15, -0.1) is 11.3 Å². The molecular formula is C15H23N3OS. The number of aryl methyl sites for hydroxylation is 2. The molecule has 2 aliphatic heterocycles. The molecule has 4 nitrogen and oxygen atoms in total. The van der Waals surface area contributed by atoms with Crippen molar-refractivity contribution in [3.8, 4) is 0 Å². The number of carbonyl (C=O) groups is 1. The third-order valence-corrected chi connectivity index (χ3v) is 5.65. The molecule has 1 atom stereocenters. The van der Waals surface area contributed by atoms with E-state index < -0.39 is 0 Å². The summed E-state index contributed by atoms with van der Waals surface area (Å²) in [5, 5.41) is 4.59. The summed E-state index contributed by atoms with van der Waals surface area (Å²) in [5.74, 6) is 0.941. The number of carbonyl (C=O) groups excluding carboxylic acids is 1. The van der Waals surface area contributed by atoms with E-state index in [4.69, 9.17) is 0 Å². The normalized spacial score (nSPS) is 24.3. The molecule has 0 aromatic carbocycles. The lowest BCUT2D eigenvalue weighted by atomic mass is 9.88. The van der Waals surface area contributed by atoms with Gasteiger partial charge in [-0.25, -0.2) is 4.98 Å². The number of piperidine rings is 1. The van der Waals surface area contributed by atoms with Gasteiger partial charge in [-0.05, 0) is 52.0 Å². The monoisotopic (exact) mass is 293 g/mol. The first-order valence-electron chi connectivity index (χ1n) is 7.62. The lowest BCUT2D eigenvalue weighted by Crippen LogP contribution is -2.43. The van der Waals surface area contributed by atoms with Crippen molar-refractivity contribution in [2.75, 3.05) is 19.6 Å². The van der Waals surface area contributed by atoms with Gasteiger partial charge >= 0.3 is 0 Å². The first-order chi connectivity index (χ1) is 9.65. The van der Waals surface area contributed by atoms with Gasteiger partial charge in [0.25, 0.3) is 5.91 Å². The van der Waals surface area contributed by atoms with Gasteiger partial charge in [0.15, 0.2) is 0 Å². The molecule has 0 radical (unpaired) electrons. The molecule has 0 spiro atoms. The third kappa shape index (κ3) is 2.74. The minimum Gasteiger partial charge on any atom is -0.338 e. The predicted molar refractivity (Wildman–Crippen MR) is 81.2 cm³/mol. The number of amides is 1. The summed E-state index contributed by atoms with van der Waals surface area (Å²) in [4.78, 5) is 19.8. The zero-order valence-electron chi connectivity index (χ0n) is 12.3. The van der Waals surface area contributed by atoms with E-state index in [-0.39, 0.29) is 5.91 Å². The first kappa shape index (κ1) is 14.0. The highest BCUT2D eigenvalue weighted by atomic mass is 32.1. The molecule has 0 bridgehead atoms. The first-order valence-corrected chi connectivity index (χ1v) is 8.43. The van der Waals surface area contributed by atoms with Gasteiger partial charge in [0.05, 0.1) is 10.7 Å². The second kappa shape index (κ2) is 5.82. The lowest BCUT2D eigenvalue weighted by molar-refractivity contribution is 0.0678. The number of likely N-dealkylation sites (tertiary alicyclic amines) is 1. The molecule has 110 valence electrons. The van der Waals surface area contributed by atoms with Crippen LogP contribution in [0.4, 0.5) is 0 Å². The fourth-order valence-electron chi connectivity index (χ4n) is 3.49. The number of nitrogens with one attached hydrogen (secondary N) is 1. The molecule has 2 saturated heterocycles. The van der Waals surface area contributed by atoms with Crippen LogP contribution in [-0.4, -0.2) is 41.5 Å². The van der Waals surface area contributed by atoms with Crippen LogP contribution in [0, 0.1) is 19.8 Å². The van der Waals surface area contributed by atoms with Crippen LogP contribution in [0.1, 0.15) is 46.1 Å². The Bertz CT molecular complexity index is 485. The van der Waals surface area contributed by atoms with E-state index in [1.54, 1.807) is 0 Å². The van der Waals surface area contributed by atoms with E-state index in [9.17, 15) is 4.79 Å². The number of hydrogen-bond acceptors (Lipinski definition) is 4. The van der Waals surface area contributed by atoms with Gasteiger partial charge in [-0.2, -0.15) is 0 Å². The van der Waals surface area contributed by atoms with Crippen LogP contribution in [0.2, 0.25) is 0 Å². The molecule has 20 heavy (non-hydrogen) atoms. The summed E-state index contributed by atoms with van der Waals surface area (Å²) in [6, 6.07) is 0.694. The molecular weight excluding hydrogens is 270 g/mol. The minimum atomic E-state index is 0.186. The Kier molecular flexibility index (Phi) is 4.08. The van der Waals surface area contributed by atoms with Crippen LogP contribution in [0.5, 0.6) is 0 Å². The van der Waals surface area contributed by atoms with Crippen molar-refractivity contribution in [3.63, 3.8) is 0 Å². The Morgan fingerprint density at radius 3 is 2.60 bits per heavy atom. The average molecular weight is 293 g/mol. The van der Waals surface area contributed by atoms with Crippen LogP contribution < -0.4 is 5.32 Å². The van der Waals surface area contributed by atoms with Gasteiger partial charge in [-0.3, -0.25) is 4.79 Å². The van der Waals surface area contributed by atoms with E-state index in [1.165, 1.54) is 30.7 Å². The van der Waals surface area contributed by atoms with Crippen molar-refractivity contribution in [1.82, 2.24) is 15.2 Å². The van der Waals surface area contributed by atoms with Gasteiger partial charge in [0.2, 0.25) is 0 Å². The predicted octanol–water partition coefficient (Wildman–Crippen LogP) is 2.36. The molecule has 1 aromatic heterocycles. The van der Waals surface area contributed by atoms with Gasteiger partial charge in [0.1, 0.15) is 4.88 Å². The van der Waals surface area contributed by atoms with Gasteiger partial charge in [0, 0.05) is 19.1 Å². The topological polar surface area (TPSA) is 45.2 Å². The third-order valence-electron chi connectivity index (χ3n) is 4.59. The summed E-state index contributed by atoms with van der Waals surface area (Å²) >= 11 is 1.53. The molecule has 3 rings (SSSR count). The molecule has 1 N–H and O–H groups in total. The zero-order valence-corrected chi connectivity index (χ0v) is 13.1. The van der Waals surface area contributed by atoms with Gasteiger partial charge in [-0.1, -0.05) is 0 Å². The lowest BCUT2D eigenvalue weighted by Gasteiger charge is -2.34. The Hall–Kier alpha value is -0.940. The SMILES string of the molecule is Cc1nc(C)c(C(=O)N2CCC(C3CCCN3)CC2)s1. The Labute approximate surface area is 124 Å². The number of rotatable bonds is 2. The maximum atomic E-state index is 12.5. The molecule has 3 heterocycles. The molecule has 1 unspecified atom stereocenters. The van der Waals surface area contributed by atoms with Crippen molar-refractivity contribution >= 4 is 17.2 Å². The van der Waals surface area contributed by atoms with Crippen molar-refractivity contribution in [3.05, 3.63) is 15.6 Å². The van der Waals surface area contributed by atoms with Gasteiger partial charge < -0.3 is 10.2 Å². The Morgan fingerprint density at radius 2 is 2.05 bits per heavy atom. The van der Waals surface area contributed by atoms with Crippen LogP contribution in [-0.2, 0) is 0 Å². The van der Waals surface area contributed by atoms with Crippen molar-refractivity contribution in [2.24, 2.45) is 5.92 Å². The molecule has 5 heteroatoms. The number of thiazole rings is 1. The summed E-state index contributed by atoms with van der Waals surface area (Å²) in [6.07, 6.45) is 4.90. The van der Waals surface area contributed by atoms with Crippen molar-refractivity contribution < 1.29 is 4.79 Å². The van der Waals surface area contributed by atoms with Crippen molar-refractivity contribution in [2.45, 2.75) is 45.6 Å². The number of nitrogens with zero attached hydrogens (tertiary/aromatic N) is 2. The summed E-state index contributed by atoms with van der Waals surface area (Å²) < 4.78 is 0. The summed E-state index contributed by atoms with van der Waals surface area (Å²) in [7, 11) is 0. The number of hydrogen-bond donors (Lipinski definition) is 1. The maximum Gasteiger partial charge on any atom is 0.265 e. The van der Waals surface area contributed by atoms with E-state index in [0.717, 1.165) is 47.4 Å². The van der Waals surface area contributed by atoms with E-state index in [2.05, 4.69) is 10.3 Å². The second-order valence-corrected chi connectivity index (χ2v) is 7.18. The molecule has 0 saturated carbocycles. The smallest absolute Gasteiger partial charge is 0.265 e. The standard InChI is InChI=1S/C15H23N3OS/c1-10-14(20-11(2)17-10)15(19)18-8-5-12(6-9-18)13-4-3-7-16-13/h12-13,16H,3-9H2,1-2H3.